The summed E-state index contributed by atoms with van der Waals surface area (Å²) in [6.45, 7) is 0.726. The fourth-order valence-corrected chi connectivity index (χ4v) is 4.39. The normalized spacial score (nSPS) is 13.4. The Hall–Kier alpha value is -3.26. The molecule has 4 aromatic rings. The molecule has 0 saturated heterocycles. The van der Waals surface area contributed by atoms with Gasteiger partial charge < -0.3 is 4.90 Å². The van der Waals surface area contributed by atoms with Gasteiger partial charge >= 0.3 is 0 Å². The van der Waals surface area contributed by atoms with Crippen LogP contribution in [0.4, 0.5) is 10.1 Å². The number of nitrogens with zero attached hydrogens (tertiary/aromatic N) is 5. The predicted octanol–water partition coefficient (Wildman–Crippen LogP) is 4.00. The van der Waals surface area contributed by atoms with E-state index in [-0.39, 0.29) is 17.5 Å². The summed E-state index contributed by atoms with van der Waals surface area (Å²) < 4.78 is 14.8. The summed E-state index contributed by atoms with van der Waals surface area (Å²) >= 11 is 1.31. The lowest BCUT2D eigenvalue weighted by Gasteiger charge is -2.29. The number of fused-ring (bicyclic) bond motifs is 2. The molecule has 0 bridgehead atoms. The maximum Gasteiger partial charge on any atom is 0.237 e. The van der Waals surface area contributed by atoms with Gasteiger partial charge in [0.25, 0.3) is 0 Å². The summed E-state index contributed by atoms with van der Waals surface area (Å²) in [5.41, 5.74) is 4.28. The van der Waals surface area contributed by atoms with Crippen molar-refractivity contribution in [2.75, 3.05) is 17.2 Å². The van der Waals surface area contributed by atoms with Crippen LogP contribution in [0.2, 0.25) is 0 Å². The van der Waals surface area contributed by atoms with E-state index in [9.17, 15) is 9.18 Å². The molecule has 0 atom stereocenters. The highest BCUT2D eigenvalue weighted by molar-refractivity contribution is 7.99. The van der Waals surface area contributed by atoms with Gasteiger partial charge in [-0.15, -0.1) is 10.2 Å². The minimum absolute atomic E-state index is 0.0404. The number of hydrogen-bond donors (Lipinski definition) is 0. The number of rotatable bonds is 4. The van der Waals surface area contributed by atoms with Crippen molar-refractivity contribution in [3.05, 3.63) is 72.0 Å². The zero-order chi connectivity index (χ0) is 20.5. The fraction of sp³-hybridized carbons (Fsp3) is 0.182. The number of aryl methyl sites for hydroxylation is 1. The number of carbonyl (C=O) groups is 1. The van der Waals surface area contributed by atoms with Crippen LogP contribution in [0.25, 0.3) is 16.9 Å². The van der Waals surface area contributed by atoms with Crippen molar-refractivity contribution in [2.24, 2.45) is 0 Å². The Morgan fingerprint density at radius 1 is 1.03 bits per heavy atom. The predicted molar refractivity (Wildman–Crippen MR) is 114 cm³/mol. The molecule has 0 saturated carbocycles. The molecule has 5 rings (SSSR count). The van der Waals surface area contributed by atoms with Crippen LogP contribution in [-0.4, -0.2) is 38.0 Å². The van der Waals surface area contributed by atoms with Crippen LogP contribution in [0.15, 0.2) is 65.8 Å². The summed E-state index contributed by atoms with van der Waals surface area (Å²) in [4.78, 5) is 14.8. The molecule has 2 aromatic carbocycles. The van der Waals surface area contributed by atoms with Crippen LogP contribution in [0.5, 0.6) is 0 Å². The van der Waals surface area contributed by atoms with Crippen LogP contribution in [0, 0.1) is 5.82 Å². The van der Waals surface area contributed by atoms with Gasteiger partial charge in [0, 0.05) is 17.8 Å². The first-order chi connectivity index (χ1) is 14.7. The molecule has 1 aliphatic heterocycles. The molecule has 30 heavy (non-hydrogen) atoms. The molecule has 0 spiro atoms. The monoisotopic (exact) mass is 419 g/mol. The Bertz CT molecular complexity index is 1220. The quantitative estimate of drug-likeness (QED) is 0.468. The van der Waals surface area contributed by atoms with Crippen molar-refractivity contribution in [3.63, 3.8) is 0 Å². The Morgan fingerprint density at radius 2 is 1.87 bits per heavy atom. The van der Waals surface area contributed by atoms with Crippen molar-refractivity contribution >= 4 is 29.0 Å². The van der Waals surface area contributed by atoms with Gasteiger partial charge in [-0.3, -0.25) is 4.79 Å². The van der Waals surface area contributed by atoms with Crippen LogP contribution >= 0.6 is 11.8 Å². The number of benzene rings is 2. The number of anilines is 1. The zero-order valence-corrected chi connectivity index (χ0v) is 16.8. The molecule has 2 aromatic heterocycles. The lowest BCUT2D eigenvalue weighted by atomic mass is 10.0. The topological polar surface area (TPSA) is 63.4 Å². The zero-order valence-electron chi connectivity index (χ0n) is 16.0. The van der Waals surface area contributed by atoms with Gasteiger partial charge in [0.15, 0.2) is 5.65 Å². The maximum atomic E-state index is 13.2. The molecular formula is C22H18FN5OS. The number of aromatic nitrogens is 4. The second kappa shape index (κ2) is 7.87. The third-order valence-corrected chi connectivity index (χ3v) is 6.01. The highest BCUT2D eigenvalue weighted by Gasteiger charge is 2.23. The molecule has 0 radical (unpaired) electrons. The lowest BCUT2D eigenvalue weighted by molar-refractivity contribution is -0.116. The van der Waals surface area contributed by atoms with Crippen molar-refractivity contribution in [1.82, 2.24) is 19.8 Å². The van der Waals surface area contributed by atoms with Crippen molar-refractivity contribution < 1.29 is 9.18 Å². The first kappa shape index (κ1) is 18.7. The molecule has 0 unspecified atom stereocenters. The SMILES string of the molecule is O=C(CSc1nnc2ccc(-c3ccc(F)cc3)nn12)N1CCCc2ccccc21. The van der Waals surface area contributed by atoms with Crippen LogP contribution in [0.3, 0.4) is 0 Å². The average molecular weight is 419 g/mol. The van der Waals surface area contributed by atoms with Crippen LogP contribution in [0.1, 0.15) is 12.0 Å². The number of thioether (sulfide) groups is 1. The van der Waals surface area contributed by atoms with Gasteiger partial charge in [-0.05, 0) is 60.9 Å². The molecule has 0 aliphatic carbocycles. The highest BCUT2D eigenvalue weighted by atomic mass is 32.2. The van der Waals surface area contributed by atoms with Gasteiger partial charge in [0.1, 0.15) is 5.82 Å². The number of hydrogen-bond acceptors (Lipinski definition) is 5. The van der Waals surface area contributed by atoms with Gasteiger partial charge in [0.05, 0.1) is 11.4 Å². The fourth-order valence-electron chi connectivity index (χ4n) is 3.63. The number of carbonyl (C=O) groups excluding carboxylic acids is 1. The Morgan fingerprint density at radius 3 is 2.73 bits per heavy atom. The van der Waals surface area contributed by atoms with E-state index in [0.717, 1.165) is 30.6 Å². The number of halogens is 1. The smallest absolute Gasteiger partial charge is 0.237 e. The van der Waals surface area contributed by atoms with E-state index in [1.54, 1.807) is 16.6 Å². The van der Waals surface area contributed by atoms with Gasteiger partial charge in [-0.2, -0.15) is 9.61 Å². The van der Waals surface area contributed by atoms with Crippen molar-refractivity contribution in [3.8, 4) is 11.3 Å². The molecule has 1 aliphatic rings. The number of para-hydroxylation sites is 1. The van der Waals surface area contributed by atoms with Gasteiger partial charge in [-0.1, -0.05) is 30.0 Å². The second-order valence-electron chi connectivity index (χ2n) is 7.04. The first-order valence-corrected chi connectivity index (χ1v) is 10.7. The minimum atomic E-state index is -0.293. The van der Waals surface area contributed by atoms with E-state index < -0.39 is 0 Å². The molecule has 8 heteroatoms. The lowest BCUT2D eigenvalue weighted by Crippen LogP contribution is -2.36. The van der Waals surface area contributed by atoms with E-state index in [2.05, 4.69) is 21.4 Å². The molecule has 0 fully saturated rings. The third-order valence-electron chi connectivity index (χ3n) is 5.11. The largest absolute Gasteiger partial charge is 0.311 e. The minimum Gasteiger partial charge on any atom is -0.311 e. The number of amides is 1. The third kappa shape index (κ3) is 3.54. The molecule has 3 heterocycles. The van der Waals surface area contributed by atoms with Crippen molar-refractivity contribution in [2.45, 2.75) is 18.0 Å². The molecule has 150 valence electrons. The Labute approximate surface area is 176 Å². The Kier molecular flexibility index (Phi) is 4.92. The average Bonchev–Trinajstić information content (AvgIpc) is 3.20. The van der Waals surface area contributed by atoms with Crippen LogP contribution < -0.4 is 4.90 Å². The standard InChI is InChI=1S/C22H18FN5OS/c23-17-9-7-15(8-10-17)18-11-12-20-24-25-22(28(20)26-18)30-14-21(29)27-13-3-5-16-4-1-2-6-19(16)27/h1-2,4,6-12H,3,5,13-14H2. The first-order valence-electron chi connectivity index (χ1n) is 9.68. The molecule has 0 N–H and O–H groups in total. The Balaban J connectivity index is 1.36. The maximum absolute atomic E-state index is 13.2. The van der Waals surface area contributed by atoms with E-state index in [1.807, 2.05) is 35.2 Å². The molecular weight excluding hydrogens is 401 g/mol. The van der Waals surface area contributed by atoms with Crippen molar-refractivity contribution in [1.29, 1.82) is 0 Å². The summed E-state index contributed by atoms with van der Waals surface area (Å²) in [7, 11) is 0. The summed E-state index contributed by atoms with van der Waals surface area (Å²) in [6.07, 6.45) is 1.96. The van der Waals surface area contributed by atoms with E-state index >= 15 is 0 Å². The summed E-state index contributed by atoms with van der Waals surface area (Å²) in [6, 6.07) is 17.8. The van der Waals surface area contributed by atoms with Gasteiger partial charge in [0.2, 0.25) is 11.1 Å². The van der Waals surface area contributed by atoms with E-state index in [0.29, 0.717) is 16.5 Å². The van der Waals surface area contributed by atoms with E-state index in [1.165, 1.54) is 29.5 Å². The van der Waals surface area contributed by atoms with Crippen LogP contribution in [-0.2, 0) is 11.2 Å². The summed E-state index contributed by atoms with van der Waals surface area (Å²) in [5.74, 6) is -0.00540. The van der Waals surface area contributed by atoms with E-state index in [4.69, 9.17) is 0 Å². The second-order valence-corrected chi connectivity index (χ2v) is 7.99. The highest BCUT2D eigenvalue weighted by Crippen LogP contribution is 2.28. The summed E-state index contributed by atoms with van der Waals surface area (Å²) in [5, 5.41) is 13.5. The molecule has 1 amide bonds. The molecule has 6 nitrogen and oxygen atoms in total. The van der Waals surface area contributed by atoms with Gasteiger partial charge in [-0.25, -0.2) is 4.39 Å².